The summed E-state index contributed by atoms with van der Waals surface area (Å²) in [6.07, 6.45) is 0.876. The highest BCUT2D eigenvalue weighted by molar-refractivity contribution is 7.00. The van der Waals surface area contributed by atoms with Gasteiger partial charge < -0.3 is 32.8 Å². The molecule has 2 aromatic heterocycles. The first-order chi connectivity index (χ1) is 28.6. The summed E-state index contributed by atoms with van der Waals surface area (Å²) in [6, 6.07) is 51.5. The molecule has 0 saturated carbocycles. The van der Waals surface area contributed by atoms with Crippen molar-refractivity contribution in [2.45, 2.75) is 13.3 Å². The Labute approximate surface area is 334 Å². The van der Waals surface area contributed by atoms with E-state index in [2.05, 4.69) is 126 Å². The number of fused-ring (bicyclic) bond motifs is 9. The lowest BCUT2D eigenvalue weighted by molar-refractivity contribution is 0.174. The molecule has 0 radical (unpaired) electrons. The van der Waals surface area contributed by atoms with Gasteiger partial charge in [0.1, 0.15) is 28.4 Å². The first kappa shape index (κ1) is 31.8. The lowest BCUT2D eigenvalue weighted by atomic mass is 9.33. The number of anilines is 6. The van der Waals surface area contributed by atoms with Gasteiger partial charge in [-0.25, -0.2) is 0 Å². The van der Waals surface area contributed by atoms with Crippen molar-refractivity contribution < 1.29 is 23.0 Å². The lowest BCUT2D eigenvalue weighted by Gasteiger charge is -2.44. The van der Waals surface area contributed by atoms with Crippen molar-refractivity contribution in [2.24, 2.45) is 0 Å². The van der Waals surface area contributed by atoms with Crippen LogP contribution in [0.2, 0.25) is 0 Å². The SMILES string of the molecule is Cc1cc2c3c(c1)N(c1cccc4c1OCC4)c1c(ccc4c1OCO4)B3c1ccc(-c3cc4ccccc4o3)cc1N2c1cccc(-c2cc3ccccc3o2)c1. The topological polar surface area (TPSA) is 60.5 Å². The zero-order valence-electron chi connectivity index (χ0n) is 31.5. The van der Waals surface area contributed by atoms with Gasteiger partial charge in [-0.2, -0.15) is 0 Å². The molecule has 0 saturated heterocycles. The van der Waals surface area contributed by atoms with E-state index < -0.39 is 0 Å². The summed E-state index contributed by atoms with van der Waals surface area (Å²) >= 11 is 0. The predicted molar refractivity (Wildman–Crippen MR) is 231 cm³/mol. The maximum atomic E-state index is 6.49. The largest absolute Gasteiger partial charge is 0.491 e. The second-order valence-electron chi connectivity index (χ2n) is 15.5. The zero-order valence-corrected chi connectivity index (χ0v) is 31.5. The Morgan fingerprint density at radius 3 is 2.05 bits per heavy atom. The van der Waals surface area contributed by atoms with Gasteiger partial charge in [0.2, 0.25) is 6.79 Å². The van der Waals surface area contributed by atoms with Crippen LogP contribution in [0.5, 0.6) is 17.2 Å². The molecule has 4 aliphatic rings. The number of nitrogens with zero attached hydrogens (tertiary/aromatic N) is 2. The molecule has 0 spiro atoms. The van der Waals surface area contributed by atoms with E-state index >= 15 is 0 Å². The minimum atomic E-state index is -0.112. The molecule has 13 rings (SSSR count). The van der Waals surface area contributed by atoms with Crippen molar-refractivity contribution in [3.05, 3.63) is 157 Å². The summed E-state index contributed by atoms with van der Waals surface area (Å²) in [5.74, 6) is 4.07. The van der Waals surface area contributed by atoms with Gasteiger partial charge in [0.05, 0.1) is 18.0 Å². The fourth-order valence-corrected chi connectivity index (χ4v) is 9.67. The van der Waals surface area contributed by atoms with Crippen LogP contribution in [0, 0.1) is 6.92 Å². The molecule has 0 atom stereocenters. The number of rotatable bonds is 4. The molecule has 4 aliphatic heterocycles. The average molecular weight is 753 g/mol. The molecule has 0 aliphatic carbocycles. The fourth-order valence-electron chi connectivity index (χ4n) is 9.67. The van der Waals surface area contributed by atoms with Crippen molar-refractivity contribution >= 4 is 79.2 Å². The molecule has 0 N–H and O–H groups in total. The summed E-state index contributed by atoms with van der Waals surface area (Å²) in [7, 11) is 0. The summed E-state index contributed by atoms with van der Waals surface area (Å²) in [4.78, 5) is 4.80. The lowest BCUT2D eigenvalue weighted by Crippen LogP contribution is -2.61. The molecule has 276 valence electrons. The number of furan rings is 2. The number of benzene rings is 7. The molecule has 6 heterocycles. The van der Waals surface area contributed by atoms with Crippen LogP contribution in [-0.2, 0) is 6.42 Å². The van der Waals surface area contributed by atoms with Gasteiger partial charge >= 0.3 is 0 Å². The maximum Gasteiger partial charge on any atom is 0.252 e. The molecular formula is C50H33BN2O5. The van der Waals surface area contributed by atoms with E-state index in [9.17, 15) is 0 Å². The molecular weight excluding hydrogens is 719 g/mol. The minimum absolute atomic E-state index is 0.112. The third-order valence-electron chi connectivity index (χ3n) is 12.2. The highest BCUT2D eigenvalue weighted by Crippen LogP contribution is 2.53. The highest BCUT2D eigenvalue weighted by atomic mass is 16.7. The summed E-state index contributed by atoms with van der Waals surface area (Å²) in [5, 5.41) is 2.15. The molecule has 0 bridgehead atoms. The monoisotopic (exact) mass is 752 g/mol. The quantitative estimate of drug-likeness (QED) is 0.166. The summed E-state index contributed by atoms with van der Waals surface area (Å²) in [5.41, 5.74) is 15.9. The Morgan fingerprint density at radius 1 is 0.534 bits per heavy atom. The Bertz CT molecular complexity index is 3130. The number of ether oxygens (including phenoxy) is 3. The number of hydrogen-bond donors (Lipinski definition) is 0. The molecule has 9 aromatic rings. The van der Waals surface area contributed by atoms with Crippen LogP contribution in [0.15, 0.2) is 154 Å². The number of aryl methyl sites for hydroxylation is 1. The molecule has 7 nitrogen and oxygen atoms in total. The van der Waals surface area contributed by atoms with Crippen LogP contribution in [0.4, 0.5) is 34.1 Å². The maximum absolute atomic E-state index is 6.49. The average Bonchev–Trinajstić information content (AvgIpc) is 4.09. The van der Waals surface area contributed by atoms with E-state index in [4.69, 9.17) is 23.0 Å². The number of para-hydroxylation sites is 3. The first-order valence-corrected chi connectivity index (χ1v) is 19.8. The molecule has 8 heteroatoms. The van der Waals surface area contributed by atoms with Crippen LogP contribution < -0.4 is 40.4 Å². The van der Waals surface area contributed by atoms with Crippen molar-refractivity contribution in [3.8, 4) is 39.9 Å². The van der Waals surface area contributed by atoms with Crippen LogP contribution >= 0.6 is 0 Å². The van der Waals surface area contributed by atoms with E-state index in [-0.39, 0.29) is 13.5 Å². The van der Waals surface area contributed by atoms with Crippen LogP contribution in [0.25, 0.3) is 44.6 Å². The highest BCUT2D eigenvalue weighted by Gasteiger charge is 2.46. The van der Waals surface area contributed by atoms with Gasteiger partial charge in [-0.05, 0) is 101 Å². The molecule has 58 heavy (non-hydrogen) atoms. The van der Waals surface area contributed by atoms with Gasteiger partial charge in [0, 0.05) is 51.1 Å². The molecule has 0 fully saturated rings. The third-order valence-corrected chi connectivity index (χ3v) is 12.2. The Morgan fingerprint density at radius 2 is 1.26 bits per heavy atom. The Balaban J connectivity index is 1.09. The molecule has 0 unspecified atom stereocenters. The van der Waals surface area contributed by atoms with Crippen molar-refractivity contribution in [2.75, 3.05) is 23.2 Å². The van der Waals surface area contributed by atoms with Gasteiger partial charge in [-0.15, -0.1) is 0 Å². The summed E-state index contributed by atoms with van der Waals surface area (Å²) < 4.78 is 31.8. The molecule has 7 aromatic carbocycles. The number of hydrogen-bond acceptors (Lipinski definition) is 7. The van der Waals surface area contributed by atoms with Crippen LogP contribution in [-0.4, -0.2) is 20.1 Å². The Hall–Kier alpha value is -7.32. The second kappa shape index (κ2) is 11.9. The van der Waals surface area contributed by atoms with Crippen molar-refractivity contribution in [1.82, 2.24) is 0 Å². The smallest absolute Gasteiger partial charge is 0.252 e. The second-order valence-corrected chi connectivity index (χ2v) is 15.5. The standard InChI is InChI=1S/C50H33BN2O5/c1-29-22-40-47-41(23-29)53(38-13-7-10-30-20-21-54-49(30)38)48-37(18-19-44-50(48)56-28-55-44)51(47)36-17-16-34(46-27-33-9-3-5-15-43(33)58-46)25-39(36)52(40)35-12-6-11-31(24-35)45-26-32-8-2-4-14-42(32)57-45/h2-19,22-27H,20-21,28H2,1H3. The van der Waals surface area contributed by atoms with E-state index in [0.29, 0.717) is 6.61 Å². The van der Waals surface area contributed by atoms with E-state index in [0.717, 1.165) is 113 Å². The van der Waals surface area contributed by atoms with Crippen molar-refractivity contribution in [3.63, 3.8) is 0 Å². The van der Waals surface area contributed by atoms with Crippen LogP contribution in [0.3, 0.4) is 0 Å². The van der Waals surface area contributed by atoms with Gasteiger partial charge in [-0.1, -0.05) is 78.9 Å². The van der Waals surface area contributed by atoms with Crippen LogP contribution in [0.1, 0.15) is 11.1 Å². The summed E-state index contributed by atoms with van der Waals surface area (Å²) in [6.45, 7) is 2.90. The van der Waals surface area contributed by atoms with E-state index in [1.165, 1.54) is 16.5 Å². The van der Waals surface area contributed by atoms with Gasteiger partial charge in [0.25, 0.3) is 6.71 Å². The predicted octanol–water partition coefficient (Wildman–Crippen LogP) is 10.6. The van der Waals surface area contributed by atoms with Crippen molar-refractivity contribution in [1.29, 1.82) is 0 Å². The third kappa shape index (κ3) is 4.51. The molecule has 0 amide bonds. The van der Waals surface area contributed by atoms with E-state index in [1.54, 1.807) is 0 Å². The minimum Gasteiger partial charge on any atom is -0.491 e. The fraction of sp³-hybridized carbons (Fsp3) is 0.0800. The first-order valence-electron chi connectivity index (χ1n) is 19.8. The van der Waals surface area contributed by atoms with E-state index in [1.807, 2.05) is 36.4 Å². The normalized spacial score (nSPS) is 14.4. The van der Waals surface area contributed by atoms with Gasteiger partial charge in [-0.3, -0.25) is 0 Å². The Kier molecular flexibility index (Phi) is 6.51. The van der Waals surface area contributed by atoms with Gasteiger partial charge in [0.15, 0.2) is 11.5 Å². The zero-order chi connectivity index (χ0) is 38.1.